The second-order valence-corrected chi connectivity index (χ2v) is 28.4. The first-order valence-electron chi connectivity index (χ1n) is 20.5. The van der Waals surface area contributed by atoms with Crippen LogP contribution in [0, 0.1) is 5.92 Å². The van der Waals surface area contributed by atoms with Crippen molar-refractivity contribution in [3.05, 3.63) is 59.7 Å². The van der Waals surface area contributed by atoms with Crippen LogP contribution in [0.3, 0.4) is 0 Å². The molecule has 54 heavy (non-hydrogen) atoms. The Morgan fingerprint density at radius 2 is 1.04 bits per heavy atom. The molecule has 10 heteroatoms. The lowest BCUT2D eigenvalue weighted by Crippen LogP contribution is -2.65. The fourth-order valence-electron chi connectivity index (χ4n) is 9.70. The Balaban J connectivity index is 2.17. The van der Waals surface area contributed by atoms with E-state index in [0.29, 0.717) is 53.1 Å². The number of aliphatic hydroxyl groups is 1. The minimum Gasteiger partial charge on any atom is -0.497 e. The van der Waals surface area contributed by atoms with E-state index in [1.54, 1.807) is 21.1 Å². The second kappa shape index (κ2) is 20.6. The molecule has 0 bridgehead atoms. The average molecular weight is 789 g/mol. The van der Waals surface area contributed by atoms with Crippen molar-refractivity contribution in [1.29, 1.82) is 0 Å². The van der Waals surface area contributed by atoms with Gasteiger partial charge in [0.2, 0.25) is 8.32 Å². The van der Waals surface area contributed by atoms with Crippen molar-refractivity contribution in [2.45, 2.75) is 180 Å². The van der Waals surface area contributed by atoms with Crippen LogP contribution in [0.5, 0.6) is 11.5 Å². The molecule has 0 radical (unpaired) electrons. The van der Waals surface area contributed by atoms with E-state index >= 15 is 0 Å². The molecule has 0 amide bonds. The molecule has 308 valence electrons. The number of rotatable bonds is 21. The van der Waals surface area contributed by atoms with Crippen LogP contribution in [-0.4, -0.2) is 79.2 Å². The van der Waals surface area contributed by atoms with Crippen LogP contribution in [0.1, 0.15) is 108 Å². The number of benzene rings is 2. The Morgan fingerprint density at radius 3 is 1.43 bits per heavy atom. The van der Waals surface area contributed by atoms with Gasteiger partial charge in [-0.05, 0) is 75.6 Å². The third-order valence-electron chi connectivity index (χ3n) is 12.3. The minimum atomic E-state index is -2.43. The summed E-state index contributed by atoms with van der Waals surface area (Å²) >= 11 is 0. The maximum absolute atomic E-state index is 11.4. The fourth-order valence-corrected chi connectivity index (χ4v) is 20.8. The standard InChI is InChI=1S/C44H76O8Si2/c1-28(2)53(29(3)4,30(5)6)50-27-40-44(49-26-37-19-23-39(47-16)24-20-37)42(52-54(31(7)8,32(9)10)33(11)12)34(13)41(51-40)43(35(14)45)48-25-36-17-21-38(46-15)22-18-36/h17-24,28-35,40-45H,25-27H2,1-16H3/t34-,35?,40+,41+,42+,43+,44+/m0/s1. The fraction of sp³-hybridized carbons (Fsp3) is 0.727. The molecule has 8 nitrogen and oxygen atoms in total. The highest BCUT2D eigenvalue weighted by molar-refractivity contribution is 6.78. The van der Waals surface area contributed by atoms with Gasteiger partial charge >= 0.3 is 0 Å². The molecule has 1 N–H and O–H groups in total. The molecular formula is C44H76O8Si2. The van der Waals surface area contributed by atoms with Crippen molar-refractivity contribution in [2.24, 2.45) is 5.92 Å². The monoisotopic (exact) mass is 789 g/mol. The van der Waals surface area contributed by atoms with Gasteiger partial charge < -0.3 is 37.6 Å². The maximum Gasteiger partial charge on any atom is 0.200 e. The quantitative estimate of drug-likeness (QED) is 0.125. The number of ether oxygens (including phenoxy) is 5. The molecule has 1 saturated heterocycles. The van der Waals surface area contributed by atoms with Crippen LogP contribution in [0.4, 0.5) is 0 Å². The van der Waals surface area contributed by atoms with Crippen molar-refractivity contribution in [1.82, 2.24) is 0 Å². The first kappa shape index (κ1) is 46.6. The van der Waals surface area contributed by atoms with E-state index < -0.39 is 47.2 Å². The summed E-state index contributed by atoms with van der Waals surface area (Å²) in [6.45, 7) is 32.9. The SMILES string of the molecule is COc1ccc(CO[C@H]2[C@H](O[Si](C(C)C)(C(C)C)C(C)C)[C@@H](C)[C@H]([C@H](OCc3ccc(OC)cc3)C(C)O)O[C@@H]2CO[Si](C(C)C)(C(C)C)C(C)C)cc1. The average Bonchev–Trinajstić information content (AvgIpc) is 3.11. The molecule has 0 aromatic heterocycles. The van der Waals surface area contributed by atoms with E-state index in [1.165, 1.54) is 0 Å². The first-order chi connectivity index (χ1) is 25.4. The Morgan fingerprint density at radius 1 is 0.611 bits per heavy atom. The van der Waals surface area contributed by atoms with Gasteiger partial charge in [0, 0.05) is 5.92 Å². The molecule has 1 fully saturated rings. The predicted molar refractivity (Wildman–Crippen MR) is 226 cm³/mol. The molecule has 7 atom stereocenters. The largest absolute Gasteiger partial charge is 0.497 e. The zero-order valence-corrected chi connectivity index (χ0v) is 38.6. The Kier molecular flexibility index (Phi) is 17.8. The highest BCUT2D eigenvalue weighted by atomic mass is 28.4. The smallest absolute Gasteiger partial charge is 0.200 e. The third-order valence-corrected chi connectivity index (χ3v) is 24.5. The van der Waals surface area contributed by atoms with Crippen molar-refractivity contribution >= 4 is 16.6 Å². The normalized spacial score (nSPS) is 22.5. The van der Waals surface area contributed by atoms with Crippen molar-refractivity contribution in [2.75, 3.05) is 20.8 Å². The van der Waals surface area contributed by atoms with Crippen LogP contribution >= 0.6 is 0 Å². The van der Waals surface area contributed by atoms with Crippen molar-refractivity contribution in [3.63, 3.8) is 0 Å². The highest BCUT2D eigenvalue weighted by Gasteiger charge is 2.55. The lowest BCUT2D eigenvalue weighted by Gasteiger charge is -2.53. The van der Waals surface area contributed by atoms with Crippen LogP contribution in [0.15, 0.2) is 48.5 Å². The van der Waals surface area contributed by atoms with Crippen LogP contribution in [-0.2, 0) is 36.3 Å². The van der Waals surface area contributed by atoms with Gasteiger partial charge in [0.1, 0.15) is 29.8 Å². The molecule has 3 rings (SSSR count). The molecule has 1 heterocycles. The van der Waals surface area contributed by atoms with E-state index in [0.717, 1.165) is 22.6 Å². The molecule has 2 aromatic carbocycles. The van der Waals surface area contributed by atoms with E-state index in [1.807, 2.05) is 36.4 Å². The number of hydrogen-bond acceptors (Lipinski definition) is 8. The third kappa shape index (κ3) is 10.6. The van der Waals surface area contributed by atoms with Gasteiger partial charge in [-0.2, -0.15) is 0 Å². The highest BCUT2D eigenvalue weighted by Crippen LogP contribution is 2.47. The van der Waals surface area contributed by atoms with Crippen LogP contribution in [0.2, 0.25) is 33.2 Å². The molecule has 0 aliphatic carbocycles. The molecular weight excluding hydrogens is 713 g/mol. The zero-order chi connectivity index (χ0) is 40.5. The summed E-state index contributed by atoms with van der Waals surface area (Å²) in [5.74, 6) is 1.43. The summed E-state index contributed by atoms with van der Waals surface area (Å²) in [6.07, 6.45) is -3.10. The second-order valence-electron chi connectivity index (χ2n) is 17.5. The Bertz CT molecular complexity index is 1320. The molecule has 1 aliphatic rings. The van der Waals surface area contributed by atoms with Gasteiger partial charge in [-0.1, -0.05) is 114 Å². The van der Waals surface area contributed by atoms with Gasteiger partial charge in [0.15, 0.2) is 8.32 Å². The van der Waals surface area contributed by atoms with Gasteiger partial charge in [-0.25, -0.2) is 0 Å². The summed E-state index contributed by atoms with van der Waals surface area (Å²) in [5.41, 5.74) is 4.35. The summed E-state index contributed by atoms with van der Waals surface area (Å²) in [6, 6.07) is 15.9. The molecule has 2 aromatic rings. The zero-order valence-electron chi connectivity index (χ0n) is 36.6. The number of methoxy groups -OCH3 is 2. The van der Waals surface area contributed by atoms with Gasteiger partial charge in [-0.15, -0.1) is 0 Å². The van der Waals surface area contributed by atoms with Gasteiger partial charge in [0.05, 0.1) is 52.4 Å². The molecule has 0 saturated carbocycles. The molecule has 1 unspecified atom stereocenters. The lowest BCUT2D eigenvalue weighted by atomic mass is 9.84. The van der Waals surface area contributed by atoms with E-state index in [2.05, 4.69) is 102 Å². The maximum atomic E-state index is 11.4. The summed E-state index contributed by atoms with van der Waals surface area (Å²) in [4.78, 5) is 0. The topological polar surface area (TPSA) is 84.8 Å². The minimum absolute atomic E-state index is 0.164. The number of hydrogen-bond donors (Lipinski definition) is 1. The van der Waals surface area contributed by atoms with Gasteiger partial charge in [0.25, 0.3) is 0 Å². The summed E-state index contributed by atoms with van der Waals surface area (Å²) in [7, 11) is -1.38. The lowest BCUT2D eigenvalue weighted by molar-refractivity contribution is -0.253. The summed E-state index contributed by atoms with van der Waals surface area (Å²) < 4.78 is 46.9. The molecule has 1 aliphatic heterocycles. The van der Waals surface area contributed by atoms with Crippen molar-refractivity contribution in [3.8, 4) is 11.5 Å². The summed E-state index contributed by atoms with van der Waals surface area (Å²) in [5, 5.41) is 11.4. The first-order valence-corrected chi connectivity index (χ1v) is 24.8. The van der Waals surface area contributed by atoms with E-state index in [9.17, 15) is 5.11 Å². The van der Waals surface area contributed by atoms with Gasteiger partial charge in [-0.3, -0.25) is 0 Å². The van der Waals surface area contributed by atoms with Crippen LogP contribution in [0.25, 0.3) is 0 Å². The Labute approximate surface area is 331 Å². The van der Waals surface area contributed by atoms with E-state index in [4.69, 9.17) is 32.5 Å². The van der Waals surface area contributed by atoms with E-state index in [-0.39, 0.29) is 12.0 Å². The molecule has 0 spiro atoms. The van der Waals surface area contributed by atoms with Crippen molar-refractivity contribution < 1.29 is 37.6 Å². The Hall–Kier alpha value is -1.77. The van der Waals surface area contributed by atoms with Crippen LogP contribution < -0.4 is 9.47 Å². The predicted octanol–water partition coefficient (Wildman–Crippen LogP) is 10.7. The number of aliphatic hydroxyl groups excluding tert-OH is 1.